The number of benzene rings is 2. The molecule has 2 aromatic carbocycles. The molecule has 0 saturated heterocycles. The van der Waals surface area contributed by atoms with E-state index in [1.165, 1.54) is 29.6 Å². The number of rotatable bonds is 7. The maximum absolute atomic E-state index is 13.0. The first-order valence-electron chi connectivity index (χ1n) is 11.5. The Morgan fingerprint density at radius 2 is 1.64 bits per heavy atom. The van der Waals surface area contributed by atoms with Crippen LogP contribution in [0.5, 0.6) is 0 Å². The molecular formula is C27H25NO5. The lowest BCUT2D eigenvalue weighted by atomic mass is 9.91. The van der Waals surface area contributed by atoms with E-state index in [4.69, 9.17) is 0 Å². The molecule has 2 aliphatic carbocycles. The number of carboxylic acids is 1. The average Bonchev–Trinajstić information content (AvgIpc) is 3.31. The molecule has 0 radical (unpaired) electrons. The summed E-state index contributed by atoms with van der Waals surface area (Å²) in [5, 5.41) is 9.70. The van der Waals surface area contributed by atoms with E-state index in [1.54, 1.807) is 30.3 Å². The normalized spacial score (nSPS) is 17.6. The minimum Gasteiger partial charge on any atom is -0.481 e. The molecule has 1 unspecified atom stereocenters. The van der Waals surface area contributed by atoms with Gasteiger partial charge in [0.2, 0.25) is 0 Å². The van der Waals surface area contributed by atoms with E-state index in [2.05, 4.69) is 0 Å². The van der Waals surface area contributed by atoms with E-state index >= 15 is 0 Å². The monoisotopic (exact) mass is 443 g/mol. The van der Waals surface area contributed by atoms with Gasteiger partial charge in [-0.15, -0.1) is 0 Å². The highest BCUT2D eigenvalue weighted by Gasteiger charge is 2.36. The second-order valence-corrected chi connectivity index (χ2v) is 9.10. The molecule has 1 N–H and O–H groups in total. The van der Waals surface area contributed by atoms with E-state index in [0.717, 1.165) is 29.7 Å². The molecule has 6 heteroatoms. The van der Waals surface area contributed by atoms with Gasteiger partial charge in [0.15, 0.2) is 5.78 Å². The second-order valence-electron chi connectivity index (χ2n) is 9.10. The van der Waals surface area contributed by atoms with Crippen molar-refractivity contribution in [2.45, 2.75) is 44.9 Å². The zero-order chi connectivity index (χ0) is 23.1. The SMILES string of the molecule is O=C(CC(CCN1C(=O)c2ccccc2C1=O)C(=O)O)c1ccc2c(c1)CC1=C2CCCC1. The van der Waals surface area contributed by atoms with Gasteiger partial charge >= 0.3 is 5.97 Å². The van der Waals surface area contributed by atoms with Crippen molar-refractivity contribution in [1.82, 2.24) is 4.90 Å². The average molecular weight is 443 g/mol. The maximum atomic E-state index is 13.0. The molecule has 0 fully saturated rings. The number of imide groups is 1. The molecule has 33 heavy (non-hydrogen) atoms. The summed E-state index contributed by atoms with van der Waals surface area (Å²) in [4.78, 5) is 51.0. The molecule has 1 aliphatic heterocycles. The topological polar surface area (TPSA) is 91.8 Å². The van der Waals surface area contributed by atoms with Crippen molar-refractivity contribution in [1.29, 1.82) is 0 Å². The third-order valence-corrected chi connectivity index (χ3v) is 7.10. The number of Topliss-reactive ketones (excluding diaryl/α,β-unsaturated/α-hetero) is 1. The molecule has 0 bridgehead atoms. The number of allylic oxidation sites excluding steroid dienone is 2. The van der Waals surface area contributed by atoms with Crippen LogP contribution in [0.2, 0.25) is 0 Å². The summed E-state index contributed by atoms with van der Waals surface area (Å²) in [6.07, 6.45) is 5.38. The Bertz CT molecular complexity index is 1190. The first-order valence-corrected chi connectivity index (χ1v) is 11.5. The molecule has 2 amide bonds. The fraction of sp³-hybridized carbons (Fsp3) is 0.333. The zero-order valence-corrected chi connectivity index (χ0v) is 18.3. The van der Waals surface area contributed by atoms with Crippen molar-refractivity contribution in [2.75, 3.05) is 6.54 Å². The second kappa shape index (κ2) is 8.43. The van der Waals surface area contributed by atoms with E-state index in [-0.39, 0.29) is 25.2 Å². The Balaban J connectivity index is 1.26. The van der Waals surface area contributed by atoms with Crippen LogP contribution in [-0.4, -0.2) is 40.1 Å². The highest BCUT2D eigenvalue weighted by Crippen LogP contribution is 2.41. The number of ketones is 1. The number of fused-ring (bicyclic) bond motifs is 3. The number of nitrogens with zero attached hydrogens (tertiary/aromatic N) is 1. The first-order chi connectivity index (χ1) is 15.9. The minimum atomic E-state index is -1.10. The lowest BCUT2D eigenvalue weighted by Crippen LogP contribution is -2.33. The van der Waals surface area contributed by atoms with Crippen molar-refractivity contribution >= 4 is 29.1 Å². The summed E-state index contributed by atoms with van der Waals surface area (Å²) >= 11 is 0. The third kappa shape index (κ3) is 3.80. The number of aliphatic carboxylic acids is 1. The smallest absolute Gasteiger partial charge is 0.307 e. The van der Waals surface area contributed by atoms with Gasteiger partial charge in [0, 0.05) is 18.5 Å². The molecule has 0 saturated carbocycles. The molecule has 5 rings (SSSR count). The van der Waals surface area contributed by atoms with E-state index in [9.17, 15) is 24.3 Å². The van der Waals surface area contributed by atoms with Crippen molar-refractivity contribution in [2.24, 2.45) is 5.92 Å². The van der Waals surface area contributed by atoms with Crippen molar-refractivity contribution in [3.63, 3.8) is 0 Å². The maximum Gasteiger partial charge on any atom is 0.307 e. The summed E-state index contributed by atoms with van der Waals surface area (Å²) < 4.78 is 0. The number of carbonyl (C=O) groups is 4. The van der Waals surface area contributed by atoms with Gasteiger partial charge < -0.3 is 5.11 Å². The van der Waals surface area contributed by atoms with Crippen molar-refractivity contribution in [3.8, 4) is 0 Å². The Morgan fingerprint density at radius 3 is 2.33 bits per heavy atom. The van der Waals surface area contributed by atoms with E-state index in [0.29, 0.717) is 16.7 Å². The van der Waals surface area contributed by atoms with Gasteiger partial charge in [-0.05, 0) is 73.4 Å². The molecule has 1 heterocycles. The van der Waals surface area contributed by atoms with E-state index in [1.807, 2.05) is 12.1 Å². The zero-order valence-electron chi connectivity index (χ0n) is 18.3. The lowest BCUT2D eigenvalue weighted by molar-refractivity contribution is -0.142. The number of hydrogen-bond acceptors (Lipinski definition) is 4. The summed E-state index contributed by atoms with van der Waals surface area (Å²) in [5.41, 5.74) is 6.50. The van der Waals surface area contributed by atoms with Crippen LogP contribution < -0.4 is 0 Å². The molecule has 0 aromatic heterocycles. The highest BCUT2D eigenvalue weighted by atomic mass is 16.4. The molecular weight excluding hydrogens is 418 g/mol. The summed E-state index contributed by atoms with van der Waals surface area (Å²) in [6, 6.07) is 12.3. The molecule has 0 spiro atoms. The summed E-state index contributed by atoms with van der Waals surface area (Å²) in [6.45, 7) is -0.0303. The van der Waals surface area contributed by atoms with Gasteiger partial charge in [-0.25, -0.2) is 0 Å². The summed E-state index contributed by atoms with van der Waals surface area (Å²) in [5.74, 6) is -3.13. The standard InChI is InChI=1S/C27H25NO5/c29-24(17-9-10-21-19(14-17)13-16-5-1-2-6-20(16)21)15-18(27(32)33)11-12-28-25(30)22-7-3-4-8-23(22)26(28)31/h3-4,7-10,14,18H,1-2,5-6,11-13,15H2,(H,32,33). The predicted molar refractivity (Wildman–Crippen MR) is 122 cm³/mol. The van der Waals surface area contributed by atoms with Gasteiger partial charge in [-0.1, -0.05) is 29.8 Å². The predicted octanol–water partition coefficient (Wildman–Crippen LogP) is 4.53. The van der Waals surface area contributed by atoms with Crippen LogP contribution in [0.25, 0.3) is 5.57 Å². The van der Waals surface area contributed by atoms with Gasteiger partial charge in [-0.3, -0.25) is 24.1 Å². The fourth-order valence-corrected chi connectivity index (χ4v) is 5.31. The Hall–Kier alpha value is -3.54. The highest BCUT2D eigenvalue weighted by molar-refractivity contribution is 6.21. The minimum absolute atomic E-state index is 0.0303. The van der Waals surface area contributed by atoms with Crippen LogP contribution in [0, 0.1) is 5.92 Å². The summed E-state index contributed by atoms with van der Waals surface area (Å²) in [7, 11) is 0. The molecule has 3 aliphatic rings. The first kappa shape index (κ1) is 21.3. The number of hydrogen-bond donors (Lipinski definition) is 1. The van der Waals surface area contributed by atoms with Gasteiger partial charge in [0.05, 0.1) is 17.0 Å². The van der Waals surface area contributed by atoms with Crippen LogP contribution in [-0.2, 0) is 11.2 Å². The molecule has 1 atom stereocenters. The Labute approximate surface area is 191 Å². The van der Waals surface area contributed by atoms with Crippen molar-refractivity contribution in [3.05, 3.63) is 75.9 Å². The number of carboxylic acid groups (broad SMARTS) is 1. The lowest BCUT2D eigenvalue weighted by Gasteiger charge is -2.17. The quantitative estimate of drug-likeness (QED) is 0.501. The fourth-order valence-electron chi connectivity index (χ4n) is 5.31. The number of amides is 2. The van der Waals surface area contributed by atoms with Gasteiger partial charge in [0.25, 0.3) is 11.8 Å². The van der Waals surface area contributed by atoms with Crippen LogP contribution in [0.4, 0.5) is 0 Å². The molecule has 2 aromatic rings. The van der Waals surface area contributed by atoms with Crippen LogP contribution >= 0.6 is 0 Å². The van der Waals surface area contributed by atoms with E-state index < -0.39 is 23.7 Å². The van der Waals surface area contributed by atoms with Crippen molar-refractivity contribution < 1.29 is 24.3 Å². The Kier molecular flexibility index (Phi) is 5.44. The number of carbonyl (C=O) groups excluding carboxylic acids is 3. The van der Waals surface area contributed by atoms with Gasteiger partial charge in [-0.2, -0.15) is 0 Å². The Morgan fingerprint density at radius 1 is 0.939 bits per heavy atom. The van der Waals surface area contributed by atoms with Gasteiger partial charge in [0.1, 0.15) is 0 Å². The molecule has 168 valence electrons. The van der Waals surface area contributed by atoms with Crippen LogP contribution in [0.15, 0.2) is 48.0 Å². The van der Waals surface area contributed by atoms with Crippen LogP contribution in [0.1, 0.15) is 80.7 Å². The molecule has 6 nitrogen and oxygen atoms in total. The third-order valence-electron chi connectivity index (χ3n) is 7.10. The van der Waals surface area contributed by atoms with Crippen LogP contribution in [0.3, 0.4) is 0 Å². The largest absolute Gasteiger partial charge is 0.481 e.